The predicted octanol–water partition coefficient (Wildman–Crippen LogP) is 1.51. The van der Waals surface area contributed by atoms with Crippen molar-refractivity contribution < 1.29 is 4.74 Å². The minimum atomic E-state index is 0.452. The third-order valence-corrected chi connectivity index (χ3v) is 1.96. The number of nitrogens with one attached hydrogen (secondary N) is 1. The molecule has 0 aliphatic carbocycles. The number of hydrogen-bond donors (Lipinski definition) is 2. The van der Waals surface area contributed by atoms with Gasteiger partial charge in [-0.1, -0.05) is 13.2 Å². The fourth-order valence-corrected chi connectivity index (χ4v) is 1.23. The van der Waals surface area contributed by atoms with E-state index in [9.17, 15) is 0 Å². The van der Waals surface area contributed by atoms with Crippen LogP contribution in [0.15, 0.2) is 31.8 Å². The minimum absolute atomic E-state index is 0.452. The second-order valence-corrected chi connectivity index (χ2v) is 3.00. The molecule has 0 aliphatic heterocycles. The van der Waals surface area contributed by atoms with Gasteiger partial charge in [0.1, 0.15) is 5.76 Å². The van der Waals surface area contributed by atoms with Gasteiger partial charge in [0, 0.05) is 24.5 Å². The van der Waals surface area contributed by atoms with Crippen molar-refractivity contribution >= 4 is 11.4 Å². The summed E-state index contributed by atoms with van der Waals surface area (Å²) < 4.78 is 5.07. The highest BCUT2D eigenvalue weighted by atomic mass is 16.5. The van der Waals surface area contributed by atoms with Crippen molar-refractivity contribution in [1.29, 1.82) is 0 Å². The Labute approximate surface area is 89.5 Å². The molecule has 0 amide bonds. The Morgan fingerprint density at radius 1 is 1.67 bits per heavy atom. The summed E-state index contributed by atoms with van der Waals surface area (Å²) in [6, 6.07) is 0. The molecular weight excluding hydrogens is 190 g/mol. The molecule has 0 bridgehead atoms. The van der Waals surface area contributed by atoms with Gasteiger partial charge in [0.25, 0.3) is 0 Å². The van der Waals surface area contributed by atoms with Crippen molar-refractivity contribution in [3.8, 4) is 0 Å². The van der Waals surface area contributed by atoms with Gasteiger partial charge in [0.05, 0.1) is 17.5 Å². The van der Waals surface area contributed by atoms with Gasteiger partial charge in [-0.2, -0.15) is 0 Å². The zero-order valence-electron chi connectivity index (χ0n) is 8.79. The Morgan fingerprint density at radius 3 is 3.00 bits per heavy atom. The molecule has 0 saturated carbocycles. The van der Waals surface area contributed by atoms with Crippen LogP contribution in [0.3, 0.4) is 0 Å². The van der Waals surface area contributed by atoms with Crippen LogP contribution in [-0.4, -0.2) is 12.0 Å². The number of rotatable bonds is 5. The van der Waals surface area contributed by atoms with Crippen LogP contribution in [0.2, 0.25) is 0 Å². The summed E-state index contributed by atoms with van der Waals surface area (Å²) in [5, 5.41) is 3.01. The first-order valence-electron chi connectivity index (χ1n) is 4.54. The Morgan fingerprint density at radius 2 is 2.40 bits per heavy atom. The summed E-state index contributed by atoms with van der Waals surface area (Å²) in [6.45, 7) is 7.86. The van der Waals surface area contributed by atoms with E-state index in [-0.39, 0.29) is 0 Å². The first-order chi connectivity index (χ1) is 7.20. The molecule has 1 rings (SSSR count). The number of nitrogens with two attached hydrogens (primary N) is 1. The van der Waals surface area contributed by atoms with Crippen LogP contribution in [0.25, 0.3) is 5.76 Å². The summed E-state index contributed by atoms with van der Waals surface area (Å²) in [4.78, 5) is 4.07. The Balaban J connectivity index is 3.03. The highest BCUT2D eigenvalue weighted by Gasteiger charge is 2.08. The first kappa shape index (κ1) is 11.3. The minimum Gasteiger partial charge on any atom is -0.465 e. The summed E-state index contributed by atoms with van der Waals surface area (Å²) in [7, 11) is 1.85. The van der Waals surface area contributed by atoms with Gasteiger partial charge in [-0.3, -0.25) is 4.98 Å². The standard InChI is InChI=1S/C11H15N3O/c1-4-15-8(2)10-7-14-6-9(5-13-3)11(10)12/h4,6-7,13H,1-2,5H2,3H3,(H2,12,14). The van der Waals surface area contributed by atoms with Crippen LogP contribution in [0.1, 0.15) is 11.1 Å². The number of pyridine rings is 1. The number of ether oxygens (including phenoxy) is 1. The lowest BCUT2D eigenvalue weighted by Crippen LogP contribution is -2.09. The molecule has 3 N–H and O–H groups in total. The Bertz CT molecular complexity index is 374. The summed E-state index contributed by atoms with van der Waals surface area (Å²) in [5.74, 6) is 0.452. The van der Waals surface area contributed by atoms with E-state index in [4.69, 9.17) is 10.5 Å². The molecule has 0 radical (unpaired) electrons. The van der Waals surface area contributed by atoms with Crippen LogP contribution in [0.4, 0.5) is 5.69 Å². The lowest BCUT2D eigenvalue weighted by molar-refractivity contribution is 0.440. The lowest BCUT2D eigenvalue weighted by atomic mass is 10.1. The molecule has 80 valence electrons. The Hall–Kier alpha value is -1.81. The zero-order valence-corrected chi connectivity index (χ0v) is 8.79. The largest absolute Gasteiger partial charge is 0.465 e. The maximum atomic E-state index is 5.95. The zero-order chi connectivity index (χ0) is 11.3. The second kappa shape index (κ2) is 5.17. The molecular formula is C11H15N3O. The quantitative estimate of drug-likeness (QED) is 0.715. The van der Waals surface area contributed by atoms with Crippen LogP contribution < -0.4 is 11.1 Å². The van der Waals surface area contributed by atoms with E-state index >= 15 is 0 Å². The first-order valence-corrected chi connectivity index (χ1v) is 4.54. The highest BCUT2D eigenvalue weighted by Crippen LogP contribution is 2.23. The number of nitrogens with zero attached hydrogens (tertiary/aromatic N) is 1. The van der Waals surface area contributed by atoms with E-state index in [1.165, 1.54) is 6.26 Å². The van der Waals surface area contributed by atoms with Crippen molar-refractivity contribution in [1.82, 2.24) is 10.3 Å². The molecule has 0 aromatic carbocycles. The van der Waals surface area contributed by atoms with Gasteiger partial charge in [0.2, 0.25) is 0 Å². The molecule has 0 spiro atoms. The van der Waals surface area contributed by atoms with Crippen LogP contribution in [0.5, 0.6) is 0 Å². The van der Waals surface area contributed by atoms with Crippen LogP contribution in [0, 0.1) is 0 Å². The average Bonchev–Trinajstić information content (AvgIpc) is 2.22. The summed E-state index contributed by atoms with van der Waals surface area (Å²) in [6.07, 6.45) is 4.66. The molecule has 4 heteroatoms. The van der Waals surface area contributed by atoms with Crippen molar-refractivity contribution in [2.24, 2.45) is 0 Å². The van der Waals surface area contributed by atoms with Crippen molar-refractivity contribution in [2.75, 3.05) is 12.8 Å². The molecule has 1 aromatic heterocycles. The smallest absolute Gasteiger partial charge is 0.130 e. The molecule has 0 unspecified atom stereocenters. The highest BCUT2D eigenvalue weighted by molar-refractivity contribution is 5.71. The van der Waals surface area contributed by atoms with Gasteiger partial charge in [-0.25, -0.2) is 0 Å². The Kier molecular flexibility index (Phi) is 3.88. The molecule has 4 nitrogen and oxygen atoms in total. The fourth-order valence-electron chi connectivity index (χ4n) is 1.23. The molecule has 15 heavy (non-hydrogen) atoms. The summed E-state index contributed by atoms with van der Waals surface area (Å²) >= 11 is 0. The number of anilines is 1. The monoisotopic (exact) mass is 205 g/mol. The third-order valence-electron chi connectivity index (χ3n) is 1.96. The van der Waals surface area contributed by atoms with E-state index in [1.807, 2.05) is 7.05 Å². The lowest BCUT2D eigenvalue weighted by Gasteiger charge is -2.11. The van der Waals surface area contributed by atoms with Gasteiger partial charge in [-0.15, -0.1) is 0 Å². The maximum Gasteiger partial charge on any atom is 0.130 e. The van der Waals surface area contributed by atoms with Crippen molar-refractivity contribution in [3.63, 3.8) is 0 Å². The van der Waals surface area contributed by atoms with Gasteiger partial charge in [0.15, 0.2) is 0 Å². The number of hydrogen-bond acceptors (Lipinski definition) is 4. The summed E-state index contributed by atoms with van der Waals surface area (Å²) in [5.41, 5.74) is 8.19. The molecule has 0 saturated heterocycles. The van der Waals surface area contributed by atoms with E-state index in [0.717, 1.165) is 5.56 Å². The normalized spacial score (nSPS) is 9.67. The topological polar surface area (TPSA) is 60.2 Å². The fraction of sp³-hybridized carbons (Fsp3) is 0.182. The SMILES string of the molecule is C=COC(=C)c1cncc(CNC)c1N. The van der Waals surface area contributed by atoms with Crippen LogP contribution in [-0.2, 0) is 11.3 Å². The molecule has 0 atom stereocenters. The van der Waals surface area contributed by atoms with Gasteiger partial charge < -0.3 is 15.8 Å². The number of aromatic nitrogens is 1. The number of nitrogen functional groups attached to an aromatic ring is 1. The maximum absolute atomic E-state index is 5.95. The third kappa shape index (κ3) is 2.57. The average molecular weight is 205 g/mol. The van der Waals surface area contributed by atoms with Gasteiger partial charge in [-0.05, 0) is 7.05 Å². The van der Waals surface area contributed by atoms with E-state index < -0.39 is 0 Å². The van der Waals surface area contributed by atoms with Crippen molar-refractivity contribution in [2.45, 2.75) is 6.54 Å². The van der Waals surface area contributed by atoms with Crippen LogP contribution >= 0.6 is 0 Å². The predicted molar refractivity (Wildman–Crippen MR) is 61.7 cm³/mol. The van der Waals surface area contributed by atoms with E-state index in [1.54, 1.807) is 12.4 Å². The van der Waals surface area contributed by atoms with E-state index in [2.05, 4.69) is 23.5 Å². The molecule has 1 aromatic rings. The van der Waals surface area contributed by atoms with E-state index in [0.29, 0.717) is 23.6 Å². The van der Waals surface area contributed by atoms with Gasteiger partial charge >= 0.3 is 0 Å². The van der Waals surface area contributed by atoms with Crippen molar-refractivity contribution in [3.05, 3.63) is 42.9 Å². The molecule has 0 fully saturated rings. The molecule has 1 heterocycles. The molecule has 0 aliphatic rings. The second-order valence-electron chi connectivity index (χ2n) is 3.00.